The van der Waals surface area contributed by atoms with E-state index in [0.29, 0.717) is 29.3 Å². The van der Waals surface area contributed by atoms with E-state index in [1.807, 2.05) is 0 Å². The first kappa shape index (κ1) is 17.0. The van der Waals surface area contributed by atoms with Crippen LogP contribution >= 0.6 is 15.9 Å². The minimum Gasteiger partial charge on any atom is -0.480 e. The number of hydrogen-bond acceptors (Lipinski definition) is 3. The van der Waals surface area contributed by atoms with Gasteiger partial charge in [0.15, 0.2) is 0 Å². The van der Waals surface area contributed by atoms with Crippen LogP contribution in [0.25, 0.3) is 0 Å². The topological polar surface area (TPSA) is 67.2 Å². The van der Waals surface area contributed by atoms with E-state index in [1.165, 1.54) is 4.68 Å². The van der Waals surface area contributed by atoms with Crippen LogP contribution in [-0.4, -0.2) is 32.6 Å². The largest absolute Gasteiger partial charge is 0.480 e. The van der Waals surface area contributed by atoms with Crippen LogP contribution in [-0.2, 0) is 17.9 Å². The summed E-state index contributed by atoms with van der Waals surface area (Å²) in [6, 6.07) is 0. The summed E-state index contributed by atoms with van der Waals surface area (Å²) in [4.78, 5) is 10.9. The van der Waals surface area contributed by atoms with Gasteiger partial charge in [0.05, 0.1) is 15.9 Å². The average Bonchev–Trinajstić information content (AvgIpc) is 2.60. The highest BCUT2D eigenvalue weighted by Crippen LogP contribution is 2.31. The molecule has 1 aromatic rings. The van der Waals surface area contributed by atoms with Crippen LogP contribution in [0.15, 0.2) is 4.47 Å². The van der Waals surface area contributed by atoms with Crippen molar-refractivity contribution in [1.82, 2.24) is 15.1 Å². The lowest BCUT2D eigenvalue weighted by Crippen LogP contribution is -2.59. The Labute approximate surface area is 122 Å². The van der Waals surface area contributed by atoms with Gasteiger partial charge in [0.25, 0.3) is 0 Å². The van der Waals surface area contributed by atoms with Crippen molar-refractivity contribution in [3.05, 3.63) is 15.9 Å². The van der Waals surface area contributed by atoms with Gasteiger partial charge in [-0.2, -0.15) is 18.3 Å². The Kier molecular flexibility index (Phi) is 4.86. The van der Waals surface area contributed by atoms with E-state index in [2.05, 4.69) is 26.3 Å². The van der Waals surface area contributed by atoms with Crippen molar-refractivity contribution in [2.45, 2.75) is 45.6 Å². The number of nitrogens with one attached hydrogen (secondary N) is 1. The third kappa shape index (κ3) is 2.98. The molecule has 0 amide bonds. The highest BCUT2D eigenvalue weighted by molar-refractivity contribution is 9.10. The van der Waals surface area contributed by atoms with Crippen LogP contribution in [0.1, 0.15) is 25.2 Å². The molecule has 2 N–H and O–H groups in total. The van der Waals surface area contributed by atoms with Crippen molar-refractivity contribution >= 4 is 21.9 Å². The number of aryl methyl sites for hydroxylation is 2. The predicted molar refractivity (Wildman–Crippen MR) is 69.3 cm³/mol. The number of aliphatic carboxylic acids is 1. The molecular weight excluding hydrogens is 343 g/mol. The number of carbonyl (C=O) groups is 1. The summed E-state index contributed by atoms with van der Waals surface area (Å²) in [7, 11) is 0. The molecule has 20 heavy (non-hydrogen) atoms. The lowest BCUT2D eigenvalue weighted by Gasteiger charge is -2.28. The summed E-state index contributed by atoms with van der Waals surface area (Å²) in [5.41, 5.74) is -1.90. The molecule has 0 aromatic carbocycles. The number of halogens is 4. The molecule has 1 atom stereocenters. The SMILES string of the molecule is CCn1nc(C)c(Br)c1CNC(C)(C(=O)O)C(F)(F)F. The fraction of sp³-hybridized carbons (Fsp3) is 0.636. The summed E-state index contributed by atoms with van der Waals surface area (Å²) < 4.78 is 40.7. The molecule has 0 bridgehead atoms. The Bertz CT molecular complexity index is 516. The zero-order valence-corrected chi connectivity index (χ0v) is 12.8. The molecular formula is C11H15BrF3N3O2. The van der Waals surface area contributed by atoms with Crippen LogP contribution in [0.4, 0.5) is 13.2 Å². The Morgan fingerprint density at radius 2 is 2.05 bits per heavy atom. The number of rotatable bonds is 5. The molecule has 0 fully saturated rings. The fourth-order valence-corrected chi connectivity index (χ4v) is 2.02. The summed E-state index contributed by atoms with van der Waals surface area (Å²) in [6.45, 7) is 4.31. The van der Waals surface area contributed by atoms with Crippen LogP contribution < -0.4 is 5.32 Å². The van der Waals surface area contributed by atoms with Gasteiger partial charge < -0.3 is 5.11 Å². The molecule has 114 valence electrons. The molecule has 0 aliphatic heterocycles. The summed E-state index contributed by atoms with van der Waals surface area (Å²) in [5, 5.41) is 15.0. The fourth-order valence-electron chi connectivity index (χ4n) is 1.60. The Morgan fingerprint density at radius 3 is 2.45 bits per heavy atom. The highest BCUT2D eigenvalue weighted by atomic mass is 79.9. The van der Waals surface area contributed by atoms with Crippen molar-refractivity contribution in [2.75, 3.05) is 0 Å². The van der Waals surface area contributed by atoms with E-state index < -0.39 is 17.7 Å². The van der Waals surface area contributed by atoms with Gasteiger partial charge in [-0.15, -0.1) is 0 Å². The maximum atomic E-state index is 12.9. The quantitative estimate of drug-likeness (QED) is 0.849. The second-order valence-corrected chi connectivity index (χ2v) is 5.24. The molecule has 5 nitrogen and oxygen atoms in total. The third-order valence-corrected chi connectivity index (χ3v) is 4.09. The second kappa shape index (κ2) is 5.72. The molecule has 0 spiro atoms. The van der Waals surface area contributed by atoms with Crippen LogP contribution in [0, 0.1) is 6.92 Å². The Balaban J connectivity index is 3.03. The lowest BCUT2D eigenvalue weighted by molar-refractivity contribution is -0.206. The number of carboxylic acids is 1. The first-order valence-corrected chi connectivity index (χ1v) is 6.60. The molecule has 1 unspecified atom stereocenters. The lowest BCUT2D eigenvalue weighted by atomic mass is 10.0. The normalized spacial score (nSPS) is 15.2. The van der Waals surface area contributed by atoms with E-state index >= 15 is 0 Å². The zero-order valence-electron chi connectivity index (χ0n) is 11.2. The van der Waals surface area contributed by atoms with Crippen molar-refractivity contribution in [1.29, 1.82) is 0 Å². The number of hydrogen-bond donors (Lipinski definition) is 2. The van der Waals surface area contributed by atoms with Gasteiger partial charge in [-0.3, -0.25) is 10.00 Å². The number of aromatic nitrogens is 2. The molecule has 1 heterocycles. The highest BCUT2D eigenvalue weighted by Gasteiger charge is 2.57. The number of alkyl halides is 3. The van der Waals surface area contributed by atoms with Crippen LogP contribution in [0.5, 0.6) is 0 Å². The zero-order chi connectivity index (χ0) is 15.7. The van der Waals surface area contributed by atoms with Crippen molar-refractivity contribution < 1.29 is 23.1 Å². The third-order valence-electron chi connectivity index (χ3n) is 3.06. The molecule has 1 rings (SSSR count). The maximum absolute atomic E-state index is 12.9. The molecule has 0 radical (unpaired) electrons. The molecule has 0 saturated heterocycles. The molecule has 1 aromatic heterocycles. The van der Waals surface area contributed by atoms with Crippen molar-refractivity contribution in [3.8, 4) is 0 Å². The van der Waals surface area contributed by atoms with Crippen molar-refractivity contribution in [3.63, 3.8) is 0 Å². The maximum Gasteiger partial charge on any atom is 0.417 e. The summed E-state index contributed by atoms with van der Waals surface area (Å²) in [5.74, 6) is -1.97. The van der Waals surface area contributed by atoms with Gasteiger partial charge in [0.1, 0.15) is 0 Å². The molecule has 0 aliphatic carbocycles. The smallest absolute Gasteiger partial charge is 0.417 e. The van der Waals surface area contributed by atoms with Gasteiger partial charge in [0, 0.05) is 13.1 Å². The van der Waals surface area contributed by atoms with E-state index in [9.17, 15) is 18.0 Å². The molecule has 9 heteroatoms. The standard InChI is InChI=1S/C11H15BrF3N3O2/c1-4-18-7(8(12)6(2)17-18)5-16-10(3,9(19)20)11(13,14)15/h16H,4-5H2,1-3H3,(H,19,20). The summed E-state index contributed by atoms with van der Waals surface area (Å²) in [6.07, 6.45) is -4.91. The monoisotopic (exact) mass is 357 g/mol. The average molecular weight is 358 g/mol. The second-order valence-electron chi connectivity index (χ2n) is 4.44. The summed E-state index contributed by atoms with van der Waals surface area (Å²) >= 11 is 3.25. The number of carboxylic acid groups (broad SMARTS) is 1. The van der Waals surface area contributed by atoms with Gasteiger partial charge in [-0.25, -0.2) is 4.79 Å². The Morgan fingerprint density at radius 1 is 1.50 bits per heavy atom. The van der Waals surface area contributed by atoms with Crippen LogP contribution in [0.2, 0.25) is 0 Å². The number of nitrogens with zero attached hydrogens (tertiary/aromatic N) is 2. The van der Waals surface area contributed by atoms with Gasteiger partial charge in [0.2, 0.25) is 5.54 Å². The van der Waals surface area contributed by atoms with E-state index in [4.69, 9.17) is 5.11 Å². The van der Waals surface area contributed by atoms with Crippen molar-refractivity contribution in [2.24, 2.45) is 0 Å². The van der Waals surface area contributed by atoms with Gasteiger partial charge in [-0.05, 0) is 36.7 Å². The van der Waals surface area contributed by atoms with Gasteiger partial charge >= 0.3 is 12.1 Å². The minimum atomic E-state index is -4.91. The predicted octanol–water partition coefficient (Wildman–Crippen LogP) is 2.47. The van der Waals surface area contributed by atoms with Gasteiger partial charge in [-0.1, -0.05) is 0 Å². The van der Waals surface area contributed by atoms with E-state index in [0.717, 1.165) is 0 Å². The first-order chi connectivity index (χ1) is 9.04. The molecule has 0 saturated carbocycles. The van der Waals surface area contributed by atoms with E-state index in [-0.39, 0.29) is 6.54 Å². The molecule has 0 aliphatic rings. The Hall–Kier alpha value is -1.09. The van der Waals surface area contributed by atoms with E-state index in [1.54, 1.807) is 13.8 Å². The van der Waals surface area contributed by atoms with Crippen LogP contribution in [0.3, 0.4) is 0 Å². The minimum absolute atomic E-state index is 0.266. The first-order valence-electron chi connectivity index (χ1n) is 5.81.